The van der Waals surface area contributed by atoms with E-state index in [1.54, 1.807) is 0 Å². The van der Waals surface area contributed by atoms with E-state index in [9.17, 15) is 4.79 Å². The van der Waals surface area contributed by atoms with E-state index in [4.69, 9.17) is 0 Å². The number of carbonyl (C=O) groups is 1. The van der Waals surface area contributed by atoms with Crippen molar-refractivity contribution in [1.29, 1.82) is 0 Å². The molecule has 1 aliphatic rings. The van der Waals surface area contributed by atoms with Crippen LogP contribution in [0.3, 0.4) is 0 Å². The summed E-state index contributed by atoms with van der Waals surface area (Å²) in [4.78, 5) is 17.8. The second-order valence-electron chi connectivity index (χ2n) is 7.32. The maximum Gasteiger partial charge on any atom is 0.264 e. The Labute approximate surface area is 189 Å². The molecule has 4 rings (SSSR count). The number of hydrogen-bond donors (Lipinski definition) is 1. The van der Waals surface area contributed by atoms with Crippen molar-refractivity contribution in [2.75, 3.05) is 0 Å². The number of rotatable bonds is 3. The van der Waals surface area contributed by atoms with Gasteiger partial charge in [0.2, 0.25) is 0 Å². The number of carbonyl (C=O) groups excluding carboxylic acids is 1. The fourth-order valence-electron chi connectivity index (χ4n) is 3.48. The minimum atomic E-state index is -0.126. The molecule has 1 aliphatic heterocycles. The van der Waals surface area contributed by atoms with E-state index < -0.39 is 0 Å². The van der Waals surface area contributed by atoms with Crippen molar-refractivity contribution in [3.8, 4) is 5.69 Å². The van der Waals surface area contributed by atoms with E-state index in [0.29, 0.717) is 10.1 Å². The summed E-state index contributed by atoms with van der Waals surface area (Å²) in [6.07, 6.45) is 1.94. The van der Waals surface area contributed by atoms with Gasteiger partial charge < -0.3 is 9.88 Å². The summed E-state index contributed by atoms with van der Waals surface area (Å²) in [6, 6.07) is 16.2. The molecule has 4 nitrogen and oxygen atoms in total. The number of nitrogens with one attached hydrogen (secondary N) is 1. The first kappa shape index (κ1) is 20.7. The number of amidine groups is 1. The van der Waals surface area contributed by atoms with Gasteiger partial charge in [-0.1, -0.05) is 24.3 Å². The van der Waals surface area contributed by atoms with E-state index in [2.05, 4.69) is 70.6 Å². The van der Waals surface area contributed by atoms with Gasteiger partial charge >= 0.3 is 0 Å². The van der Waals surface area contributed by atoms with E-state index in [1.807, 2.05) is 42.5 Å². The molecule has 0 atom stereocenters. The lowest BCUT2D eigenvalue weighted by atomic mass is 10.1. The zero-order chi connectivity index (χ0) is 21.4. The molecule has 0 saturated carbocycles. The van der Waals surface area contributed by atoms with Crippen molar-refractivity contribution in [3.63, 3.8) is 0 Å². The van der Waals surface area contributed by atoms with E-state index in [0.717, 1.165) is 32.8 Å². The maximum atomic E-state index is 12.6. The molecular formula is C24H22BrN3OS. The Bertz CT molecular complexity index is 1210. The number of benzene rings is 2. The van der Waals surface area contributed by atoms with E-state index >= 15 is 0 Å². The average molecular weight is 480 g/mol. The lowest BCUT2D eigenvalue weighted by Gasteiger charge is -2.09. The van der Waals surface area contributed by atoms with Crippen molar-refractivity contribution in [1.82, 2.24) is 9.88 Å². The van der Waals surface area contributed by atoms with Crippen LogP contribution in [0.1, 0.15) is 28.1 Å². The van der Waals surface area contributed by atoms with E-state index in [1.165, 1.54) is 22.9 Å². The summed E-state index contributed by atoms with van der Waals surface area (Å²) < 4.78 is 3.18. The Morgan fingerprint density at radius 3 is 2.43 bits per heavy atom. The van der Waals surface area contributed by atoms with Crippen LogP contribution in [0.25, 0.3) is 11.8 Å². The van der Waals surface area contributed by atoms with Gasteiger partial charge in [0, 0.05) is 27.1 Å². The Balaban J connectivity index is 1.68. The first-order chi connectivity index (χ1) is 14.3. The SMILES string of the molecule is Cc1ccc(N=C2NC(=O)/C(=C/c3c(Br)c(C)n(-c4ccccc4)c3C)S2)cc1C. The molecule has 0 unspecified atom stereocenters. The van der Waals surface area contributed by atoms with Gasteiger partial charge in [-0.05, 0) is 96.9 Å². The molecule has 1 N–H and O–H groups in total. The fourth-order valence-corrected chi connectivity index (χ4v) is 4.88. The number of para-hydroxylation sites is 1. The van der Waals surface area contributed by atoms with Gasteiger partial charge in [-0.2, -0.15) is 0 Å². The summed E-state index contributed by atoms with van der Waals surface area (Å²) in [5.41, 5.74) is 7.51. The second kappa shape index (κ2) is 8.28. The normalized spacial score (nSPS) is 16.5. The summed E-state index contributed by atoms with van der Waals surface area (Å²) in [6.45, 7) is 8.27. The highest BCUT2D eigenvalue weighted by Crippen LogP contribution is 2.35. The number of amides is 1. The van der Waals surface area contributed by atoms with Crippen LogP contribution in [0, 0.1) is 27.7 Å². The van der Waals surface area contributed by atoms with Crippen LogP contribution in [0.15, 0.2) is 62.9 Å². The molecule has 1 amide bonds. The van der Waals surface area contributed by atoms with Gasteiger partial charge in [-0.15, -0.1) is 0 Å². The quantitative estimate of drug-likeness (QED) is 0.443. The Morgan fingerprint density at radius 1 is 1.00 bits per heavy atom. The molecule has 0 bridgehead atoms. The van der Waals surface area contributed by atoms with Crippen molar-refractivity contribution in [2.45, 2.75) is 27.7 Å². The largest absolute Gasteiger partial charge is 0.317 e. The molecule has 0 spiro atoms. The fraction of sp³-hybridized carbons (Fsp3) is 0.167. The van der Waals surface area contributed by atoms with Crippen LogP contribution in [-0.2, 0) is 4.79 Å². The third kappa shape index (κ3) is 3.89. The predicted octanol–water partition coefficient (Wildman–Crippen LogP) is 6.37. The third-order valence-corrected chi connectivity index (χ3v) is 7.19. The smallest absolute Gasteiger partial charge is 0.264 e. The third-order valence-electron chi connectivity index (χ3n) is 5.28. The predicted molar refractivity (Wildman–Crippen MR) is 130 cm³/mol. The molecule has 0 aliphatic carbocycles. The highest BCUT2D eigenvalue weighted by molar-refractivity contribution is 9.10. The first-order valence-electron chi connectivity index (χ1n) is 9.65. The Kier molecular flexibility index (Phi) is 5.71. The van der Waals surface area contributed by atoms with Crippen LogP contribution >= 0.6 is 27.7 Å². The van der Waals surface area contributed by atoms with Crippen LogP contribution in [0.4, 0.5) is 5.69 Å². The number of hydrogen-bond acceptors (Lipinski definition) is 3. The average Bonchev–Trinajstić information content (AvgIpc) is 3.17. The topological polar surface area (TPSA) is 46.4 Å². The van der Waals surface area contributed by atoms with E-state index in [-0.39, 0.29) is 5.91 Å². The van der Waals surface area contributed by atoms with Crippen molar-refractivity contribution in [2.24, 2.45) is 4.99 Å². The molecule has 3 aromatic rings. The van der Waals surface area contributed by atoms with Crippen LogP contribution in [-0.4, -0.2) is 15.6 Å². The van der Waals surface area contributed by atoms with Crippen molar-refractivity contribution >= 4 is 50.5 Å². The van der Waals surface area contributed by atoms with Gasteiger partial charge in [0.1, 0.15) is 0 Å². The number of aliphatic imine (C=N–C) groups is 1. The lowest BCUT2D eigenvalue weighted by molar-refractivity contribution is -0.115. The molecule has 30 heavy (non-hydrogen) atoms. The van der Waals surface area contributed by atoms with Crippen LogP contribution in [0.5, 0.6) is 0 Å². The molecule has 1 aromatic heterocycles. The van der Waals surface area contributed by atoms with Gasteiger partial charge in [-0.25, -0.2) is 4.99 Å². The van der Waals surface area contributed by atoms with Gasteiger partial charge in [-0.3, -0.25) is 4.79 Å². The summed E-state index contributed by atoms with van der Waals surface area (Å²) in [7, 11) is 0. The highest BCUT2D eigenvalue weighted by atomic mass is 79.9. The monoisotopic (exact) mass is 479 g/mol. The second-order valence-corrected chi connectivity index (χ2v) is 9.14. The summed E-state index contributed by atoms with van der Waals surface area (Å²) >= 11 is 5.09. The molecule has 0 radical (unpaired) electrons. The molecule has 152 valence electrons. The molecular weight excluding hydrogens is 458 g/mol. The Morgan fingerprint density at radius 2 is 1.73 bits per heavy atom. The lowest BCUT2D eigenvalue weighted by Crippen LogP contribution is -2.19. The zero-order valence-corrected chi connectivity index (χ0v) is 19.7. The molecule has 2 heterocycles. The maximum absolute atomic E-state index is 12.6. The van der Waals surface area contributed by atoms with Gasteiger partial charge in [0.05, 0.1) is 10.6 Å². The first-order valence-corrected chi connectivity index (χ1v) is 11.3. The van der Waals surface area contributed by atoms with Crippen LogP contribution < -0.4 is 5.32 Å². The number of nitrogens with zero attached hydrogens (tertiary/aromatic N) is 2. The summed E-state index contributed by atoms with van der Waals surface area (Å²) in [5, 5.41) is 3.48. The molecule has 1 fully saturated rings. The number of aryl methyl sites for hydroxylation is 2. The molecule has 1 saturated heterocycles. The van der Waals surface area contributed by atoms with Crippen molar-refractivity contribution < 1.29 is 4.79 Å². The van der Waals surface area contributed by atoms with Gasteiger partial charge in [0.25, 0.3) is 5.91 Å². The number of halogens is 1. The number of thioether (sulfide) groups is 1. The standard InChI is InChI=1S/C24H22BrN3OS/c1-14-10-11-18(12-15(14)2)26-24-27-23(29)21(30-24)13-20-16(3)28(17(4)22(20)25)19-8-6-5-7-9-19/h5-13H,1-4H3,(H,26,27,29)/b21-13-. The minimum absolute atomic E-state index is 0.126. The summed E-state index contributed by atoms with van der Waals surface area (Å²) in [5.74, 6) is -0.126. The Hall–Kier alpha value is -2.57. The molecule has 2 aromatic carbocycles. The minimum Gasteiger partial charge on any atom is -0.317 e. The zero-order valence-electron chi connectivity index (χ0n) is 17.3. The number of aromatic nitrogens is 1. The highest BCUT2D eigenvalue weighted by Gasteiger charge is 2.25. The van der Waals surface area contributed by atoms with Crippen molar-refractivity contribution in [3.05, 3.63) is 86.0 Å². The van der Waals surface area contributed by atoms with Gasteiger partial charge in [0.15, 0.2) is 5.17 Å². The van der Waals surface area contributed by atoms with Crippen LogP contribution in [0.2, 0.25) is 0 Å². The molecule has 6 heteroatoms.